The molecule has 1 aromatic heterocycles. The Bertz CT molecular complexity index is 563. The molecule has 2 aromatic rings. The SMILES string of the molecule is CNCc1cc(COc2ccc(Br)cc2C)oc1C. The van der Waals surface area contributed by atoms with Crippen LogP contribution in [0.4, 0.5) is 0 Å². The van der Waals surface area contributed by atoms with Crippen LogP contribution in [0.1, 0.15) is 22.6 Å². The van der Waals surface area contributed by atoms with Crippen LogP contribution in [0.2, 0.25) is 0 Å². The molecule has 0 saturated heterocycles. The minimum absolute atomic E-state index is 0.451. The molecule has 0 radical (unpaired) electrons. The summed E-state index contributed by atoms with van der Waals surface area (Å²) in [5, 5.41) is 3.12. The first-order valence-electron chi connectivity index (χ1n) is 6.22. The topological polar surface area (TPSA) is 34.4 Å². The van der Waals surface area contributed by atoms with E-state index in [1.54, 1.807) is 0 Å². The maximum absolute atomic E-state index is 5.79. The molecule has 2 rings (SSSR count). The highest BCUT2D eigenvalue weighted by molar-refractivity contribution is 9.10. The molecule has 4 heteroatoms. The van der Waals surface area contributed by atoms with Crippen LogP contribution >= 0.6 is 15.9 Å². The fourth-order valence-electron chi connectivity index (χ4n) is 1.95. The zero-order valence-electron chi connectivity index (χ0n) is 11.4. The minimum atomic E-state index is 0.451. The Morgan fingerprint density at radius 3 is 2.74 bits per heavy atom. The molecule has 1 heterocycles. The van der Waals surface area contributed by atoms with Crippen LogP contribution in [0.25, 0.3) is 0 Å². The Balaban J connectivity index is 2.04. The third-order valence-corrected chi connectivity index (χ3v) is 3.44. The Morgan fingerprint density at radius 1 is 1.26 bits per heavy atom. The quantitative estimate of drug-likeness (QED) is 0.904. The number of benzene rings is 1. The summed E-state index contributed by atoms with van der Waals surface area (Å²) in [6.07, 6.45) is 0. The normalized spacial score (nSPS) is 10.7. The van der Waals surface area contributed by atoms with Gasteiger partial charge in [-0.3, -0.25) is 0 Å². The van der Waals surface area contributed by atoms with E-state index in [0.717, 1.165) is 33.9 Å². The average molecular weight is 324 g/mol. The van der Waals surface area contributed by atoms with Crippen molar-refractivity contribution in [3.8, 4) is 5.75 Å². The summed E-state index contributed by atoms with van der Waals surface area (Å²) >= 11 is 3.44. The lowest BCUT2D eigenvalue weighted by molar-refractivity contribution is 0.266. The van der Waals surface area contributed by atoms with Crippen molar-refractivity contribution >= 4 is 15.9 Å². The molecule has 0 bridgehead atoms. The number of aryl methyl sites for hydroxylation is 2. The molecular weight excluding hydrogens is 306 g/mol. The van der Waals surface area contributed by atoms with Crippen molar-refractivity contribution in [2.45, 2.75) is 27.0 Å². The van der Waals surface area contributed by atoms with E-state index in [-0.39, 0.29) is 0 Å². The van der Waals surface area contributed by atoms with E-state index in [9.17, 15) is 0 Å². The first-order chi connectivity index (χ1) is 9.10. The number of nitrogens with one attached hydrogen (secondary N) is 1. The Kier molecular flexibility index (Phi) is 4.66. The number of furan rings is 1. The van der Waals surface area contributed by atoms with E-state index in [0.29, 0.717) is 6.61 Å². The van der Waals surface area contributed by atoms with Gasteiger partial charge in [0.1, 0.15) is 23.9 Å². The van der Waals surface area contributed by atoms with Gasteiger partial charge < -0.3 is 14.5 Å². The summed E-state index contributed by atoms with van der Waals surface area (Å²) in [4.78, 5) is 0. The fourth-order valence-corrected chi connectivity index (χ4v) is 2.42. The highest BCUT2D eigenvalue weighted by Crippen LogP contribution is 2.24. The van der Waals surface area contributed by atoms with E-state index in [1.807, 2.05) is 45.2 Å². The molecule has 0 atom stereocenters. The molecule has 0 fully saturated rings. The molecule has 0 aliphatic rings. The summed E-state index contributed by atoms with van der Waals surface area (Å²) < 4.78 is 12.5. The average Bonchev–Trinajstić information content (AvgIpc) is 2.70. The van der Waals surface area contributed by atoms with E-state index < -0.39 is 0 Å². The molecule has 1 N–H and O–H groups in total. The second-order valence-corrected chi connectivity index (χ2v) is 5.44. The third kappa shape index (κ3) is 3.61. The molecule has 0 spiro atoms. The fraction of sp³-hybridized carbons (Fsp3) is 0.333. The van der Waals surface area contributed by atoms with Gasteiger partial charge in [0, 0.05) is 16.6 Å². The summed E-state index contributed by atoms with van der Waals surface area (Å²) in [6, 6.07) is 8.01. The van der Waals surface area contributed by atoms with E-state index in [2.05, 4.69) is 21.2 Å². The summed E-state index contributed by atoms with van der Waals surface area (Å²) in [5.41, 5.74) is 2.28. The van der Waals surface area contributed by atoms with E-state index in [4.69, 9.17) is 9.15 Å². The van der Waals surface area contributed by atoms with Gasteiger partial charge in [-0.25, -0.2) is 0 Å². The Labute approximate surface area is 122 Å². The smallest absolute Gasteiger partial charge is 0.146 e. The van der Waals surface area contributed by atoms with Crippen molar-refractivity contribution in [2.24, 2.45) is 0 Å². The van der Waals surface area contributed by atoms with Crippen molar-refractivity contribution in [2.75, 3.05) is 7.05 Å². The number of rotatable bonds is 5. The van der Waals surface area contributed by atoms with Crippen LogP contribution in [0, 0.1) is 13.8 Å². The van der Waals surface area contributed by atoms with Crippen molar-refractivity contribution in [1.29, 1.82) is 0 Å². The van der Waals surface area contributed by atoms with Gasteiger partial charge in [-0.1, -0.05) is 15.9 Å². The molecule has 0 aliphatic heterocycles. The molecule has 0 amide bonds. The molecule has 0 unspecified atom stereocenters. The van der Waals surface area contributed by atoms with E-state index >= 15 is 0 Å². The van der Waals surface area contributed by atoms with E-state index in [1.165, 1.54) is 5.56 Å². The Hall–Kier alpha value is -1.26. The van der Waals surface area contributed by atoms with Gasteiger partial charge in [0.25, 0.3) is 0 Å². The van der Waals surface area contributed by atoms with Crippen LogP contribution in [0.15, 0.2) is 33.2 Å². The number of halogens is 1. The van der Waals surface area contributed by atoms with Crippen LogP contribution < -0.4 is 10.1 Å². The van der Waals surface area contributed by atoms with Gasteiger partial charge in [0.15, 0.2) is 0 Å². The third-order valence-electron chi connectivity index (χ3n) is 2.95. The van der Waals surface area contributed by atoms with Gasteiger partial charge in [-0.05, 0) is 50.7 Å². The van der Waals surface area contributed by atoms with Crippen LogP contribution in [0.5, 0.6) is 5.75 Å². The summed E-state index contributed by atoms with van der Waals surface area (Å²) in [5.74, 6) is 2.68. The minimum Gasteiger partial charge on any atom is -0.485 e. The molecule has 0 aliphatic carbocycles. The van der Waals surface area contributed by atoms with Crippen LogP contribution in [-0.4, -0.2) is 7.05 Å². The van der Waals surface area contributed by atoms with Crippen molar-refractivity contribution < 1.29 is 9.15 Å². The number of ether oxygens (including phenoxy) is 1. The summed E-state index contributed by atoms with van der Waals surface area (Å²) in [6.45, 7) is 5.26. The molecule has 1 aromatic carbocycles. The van der Waals surface area contributed by atoms with Crippen molar-refractivity contribution in [3.05, 3.63) is 51.4 Å². The highest BCUT2D eigenvalue weighted by Gasteiger charge is 2.08. The van der Waals surface area contributed by atoms with Crippen molar-refractivity contribution in [1.82, 2.24) is 5.32 Å². The van der Waals surface area contributed by atoms with Crippen molar-refractivity contribution in [3.63, 3.8) is 0 Å². The molecule has 19 heavy (non-hydrogen) atoms. The molecule has 3 nitrogen and oxygen atoms in total. The lowest BCUT2D eigenvalue weighted by Crippen LogP contribution is -2.04. The molecule has 0 saturated carbocycles. The zero-order chi connectivity index (χ0) is 13.8. The zero-order valence-corrected chi connectivity index (χ0v) is 13.0. The van der Waals surface area contributed by atoms with Gasteiger partial charge in [-0.15, -0.1) is 0 Å². The Morgan fingerprint density at radius 2 is 2.05 bits per heavy atom. The number of hydrogen-bond donors (Lipinski definition) is 1. The van der Waals surface area contributed by atoms with Gasteiger partial charge in [-0.2, -0.15) is 0 Å². The first kappa shape index (κ1) is 14.2. The summed E-state index contributed by atoms with van der Waals surface area (Å²) in [7, 11) is 1.92. The predicted octanol–water partition coefficient (Wildman–Crippen LogP) is 3.96. The van der Waals surface area contributed by atoms with Crippen LogP contribution in [-0.2, 0) is 13.2 Å². The maximum Gasteiger partial charge on any atom is 0.146 e. The second kappa shape index (κ2) is 6.26. The first-order valence-corrected chi connectivity index (χ1v) is 7.01. The maximum atomic E-state index is 5.79. The van der Waals surface area contributed by atoms with Gasteiger partial charge in [0.05, 0.1) is 0 Å². The standard InChI is InChI=1S/C15H18BrNO2/c1-10-6-13(16)4-5-15(10)18-9-14-7-12(8-17-3)11(2)19-14/h4-7,17H,8-9H2,1-3H3. The van der Waals surface area contributed by atoms with Crippen LogP contribution in [0.3, 0.4) is 0 Å². The highest BCUT2D eigenvalue weighted by atomic mass is 79.9. The van der Waals surface area contributed by atoms with Gasteiger partial charge >= 0.3 is 0 Å². The second-order valence-electron chi connectivity index (χ2n) is 4.52. The predicted molar refractivity (Wildman–Crippen MR) is 79.4 cm³/mol. The van der Waals surface area contributed by atoms with Gasteiger partial charge in [0.2, 0.25) is 0 Å². The lowest BCUT2D eigenvalue weighted by atomic mass is 10.2. The monoisotopic (exact) mass is 323 g/mol. The number of hydrogen-bond acceptors (Lipinski definition) is 3. The molecular formula is C15H18BrNO2. The molecule has 102 valence electrons. The lowest BCUT2D eigenvalue weighted by Gasteiger charge is -2.07. The largest absolute Gasteiger partial charge is 0.485 e.